The molecule has 0 aliphatic carbocycles. The lowest BCUT2D eigenvalue weighted by molar-refractivity contribution is -0.119. The van der Waals surface area contributed by atoms with Crippen molar-refractivity contribution in [3.05, 3.63) is 34.7 Å². The number of hydrogen-bond acceptors (Lipinski definition) is 4. The Balaban J connectivity index is 0.00000220. The molecule has 3 N–H and O–H groups in total. The number of nitrogens with one attached hydrogen (secondary N) is 1. The molecule has 2 aromatic rings. The van der Waals surface area contributed by atoms with Crippen LogP contribution in [0.15, 0.2) is 24.3 Å². The first-order valence-electron chi connectivity index (χ1n) is 6.56. The zero-order chi connectivity index (χ0) is 14.7. The minimum Gasteiger partial charge on any atom is -0.330 e. The lowest BCUT2D eigenvalue weighted by Gasteiger charge is -2.06. The first kappa shape index (κ1) is 17.6. The average molecular weight is 326 g/mol. The van der Waals surface area contributed by atoms with Crippen molar-refractivity contribution in [2.45, 2.75) is 20.8 Å². The van der Waals surface area contributed by atoms with Gasteiger partial charge in [0.1, 0.15) is 0 Å². The third-order valence-corrected chi connectivity index (χ3v) is 4.04. The van der Waals surface area contributed by atoms with Crippen molar-refractivity contribution in [1.82, 2.24) is 4.98 Å². The molecule has 0 spiro atoms. The molecule has 1 aromatic carbocycles. The Morgan fingerprint density at radius 3 is 2.52 bits per heavy atom. The van der Waals surface area contributed by atoms with E-state index in [1.165, 1.54) is 16.9 Å². The van der Waals surface area contributed by atoms with E-state index in [0.29, 0.717) is 11.7 Å². The highest BCUT2D eigenvalue weighted by Crippen LogP contribution is 2.30. The lowest BCUT2D eigenvalue weighted by Crippen LogP contribution is -2.26. The Bertz CT molecular complexity index is 610. The molecule has 6 heteroatoms. The number of rotatable bonds is 4. The number of thiazole rings is 1. The number of amides is 1. The van der Waals surface area contributed by atoms with E-state index in [4.69, 9.17) is 5.73 Å². The largest absolute Gasteiger partial charge is 0.330 e. The molecule has 0 aliphatic heterocycles. The van der Waals surface area contributed by atoms with Gasteiger partial charge in [0.05, 0.1) is 5.69 Å². The highest BCUT2D eigenvalue weighted by molar-refractivity contribution is 7.16. The summed E-state index contributed by atoms with van der Waals surface area (Å²) in [6, 6.07) is 8.21. The molecular formula is C15H20ClN3OS. The molecule has 0 saturated heterocycles. The van der Waals surface area contributed by atoms with Crippen molar-refractivity contribution >= 4 is 34.8 Å². The van der Waals surface area contributed by atoms with Crippen LogP contribution in [0.1, 0.15) is 17.4 Å². The number of anilines is 1. The van der Waals surface area contributed by atoms with Gasteiger partial charge in [-0.15, -0.1) is 23.7 Å². The maximum atomic E-state index is 11.8. The summed E-state index contributed by atoms with van der Waals surface area (Å²) >= 11 is 1.49. The van der Waals surface area contributed by atoms with Crippen LogP contribution in [0.4, 0.5) is 5.13 Å². The molecule has 0 saturated carbocycles. The van der Waals surface area contributed by atoms with E-state index in [-0.39, 0.29) is 24.2 Å². The number of aromatic nitrogens is 1. The zero-order valence-electron chi connectivity index (χ0n) is 12.3. The molecule has 1 amide bonds. The minimum absolute atomic E-state index is 0. The fraction of sp³-hybridized carbons (Fsp3) is 0.333. The second-order valence-corrected chi connectivity index (χ2v) is 6.12. The van der Waals surface area contributed by atoms with Crippen molar-refractivity contribution in [2.24, 2.45) is 11.7 Å². The molecule has 1 aromatic heterocycles. The number of benzene rings is 1. The van der Waals surface area contributed by atoms with Gasteiger partial charge in [-0.05, 0) is 13.8 Å². The van der Waals surface area contributed by atoms with Crippen LogP contribution in [0.25, 0.3) is 11.3 Å². The summed E-state index contributed by atoms with van der Waals surface area (Å²) in [6.07, 6.45) is 0. The van der Waals surface area contributed by atoms with Crippen molar-refractivity contribution in [3.8, 4) is 11.3 Å². The van der Waals surface area contributed by atoms with Gasteiger partial charge in [0, 0.05) is 22.9 Å². The second kappa shape index (κ2) is 7.54. The summed E-state index contributed by atoms with van der Waals surface area (Å²) in [7, 11) is 0. The number of carbonyl (C=O) groups excluding carboxylic acids is 1. The number of nitrogens with zero attached hydrogens (tertiary/aromatic N) is 1. The van der Waals surface area contributed by atoms with Crippen LogP contribution in [-0.4, -0.2) is 17.4 Å². The van der Waals surface area contributed by atoms with Crippen LogP contribution in [0.5, 0.6) is 0 Å². The molecule has 21 heavy (non-hydrogen) atoms. The Morgan fingerprint density at radius 2 is 1.95 bits per heavy atom. The standard InChI is InChI=1S/C15H19N3OS.ClH/c1-9-4-6-12(7-5-9)13-11(3)20-15(17-13)18-14(19)10(2)8-16;/h4-7,10H,8,16H2,1-3H3,(H,17,18,19);1H. The number of nitrogens with two attached hydrogens (primary N) is 1. The minimum atomic E-state index is -0.206. The topological polar surface area (TPSA) is 68.0 Å². The van der Waals surface area contributed by atoms with E-state index in [0.717, 1.165) is 16.1 Å². The molecule has 0 radical (unpaired) electrons. The van der Waals surface area contributed by atoms with Crippen molar-refractivity contribution in [2.75, 3.05) is 11.9 Å². The quantitative estimate of drug-likeness (QED) is 0.905. The number of hydrogen-bond donors (Lipinski definition) is 2. The van der Waals surface area contributed by atoms with Gasteiger partial charge in [-0.2, -0.15) is 0 Å². The molecular weight excluding hydrogens is 306 g/mol. The third-order valence-electron chi connectivity index (χ3n) is 3.15. The van der Waals surface area contributed by atoms with E-state index >= 15 is 0 Å². The van der Waals surface area contributed by atoms with Gasteiger partial charge in [-0.25, -0.2) is 4.98 Å². The fourth-order valence-corrected chi connectivity index (χ4v) is 2.60. The monoisotopic (exact) mass is 325 g/mol. The molecule has 114 valence electrons. The number of carbonyl (C=O) groups is 1. The Labute approximate surface area is 135 Å². The predicted molar refractivity (Wildman–Crippen MR) is 91.1 cm³/mol. The summed E-state index contributed by atoms with van der Waals surface area (Å²) in [6.45, 7) is 6.20. The summed E-state index contributed by atoms with van der Waals surface area (Å²) in [4.78, 5) is 17.4. The maximum Gasteiger partial charge on any atom is 0.230 e. The van der Waals surface area contributed by atoms with E-state index in [1.807, 2.05) is 19.1 Å². The van der Waals surface area contributed by atoms with Crippen LogP contribution in [0, 0.1) is 19.8 Å². The van der Waals surface area contributed by atoms with Crippen molar-refractivity contribution in [3.63, 3.8) is 0 Å². The number of aryl methyl sites for hydroxylation is 2. The Hall–Kier alpha value is -1.43. The van der Waals surface area contributed by atoms with E-state index < -0.39 is 0 Å². The van der Waals surface area contributed by atoms with Crippen molar-refractivity contribution in [1.29, 1.82) is 0 Å². The Morgan fingerprint density at radius 1 is 1.33 bits per heavy atom. The van der Waals surface area contributed by atoms with Gasteiger partial charge in [0.2, 0.25) is 5.91 Å². The van der Waals surface area contributed by atoms with Crippen LogP contribution in [0.3, 0.4) is 0 Å². The van der Waals surface area contributed by atoms with Crippen LogP contribution < -0.4 is 11.1 Å². The SMILES string of the molecule is Cc1ccc(-c2nc(NC(=O)C(C)CN)sc2C)cc1.Cl. The van der Waals surface area contributed by atoms with E-state index in [9.17, 15) is 4.79 Å². The van der Waals surface area contributed by atoms with E-state index in [2.05, 4.69) is 29.4 Å². The predicted octanol–water partition coefficient (Wildman–Crippen LogP) is 3.38. The zero-order valence-corrected chi connectivity index (χ0v) is 14.0. The molecule has 2 rings (SSSR count). The highest BCUT2D eigenvalue weighted by atomic mass is 35.5. The molecule has 1 atom stereocenters. The lowest BCUT2D eigenvalue weighted by atomic mass is 10.1. The third kappa shape index (κ3) is 4.27. The summed E-state index contributed by atoms with van der Waals surface area (Å²) in [5.74, 6) is -0.293. The summed E-state index contributed by atoms with van der Waals surface area (Å²) in [5, 5.41) is 3.45. The second-order valence-electron chi connectivity index (χ2n) is 4.92. The van der Waals surface area contributed by atoms with Gasteiger partial charge in [-0.1, -0.05) is 36.8 Å². The first-order chi connectivity index (χ1) is 9.51. The smallest absolute Gasteiger partial charge is 0.230 e. The number of halogens is 1. The molecule has 1 unspecified atom stereocenters. The maximum absolute atomic E-state index is 11.8. The summed E-state index contributed by atoms with van der Waals surface area (Å²) < 4.78 is 0. The van der Waals surface area contributed by atoms with Crippen LogP contribution in [-0.2, 0) is 4.79 Å². The van der Waals surface area contributed by atoms with Gasteiger partial charge < -0.3 is 11.1 Å². The van der Waals surface area contributed by atoms with E-state index in [1.54, 1.807) is 6.92 Å². The average Bonchev–Trinajstić information content (AvgIpc) is 2.79. The molecule has 1 heterocycles. The Kier molecular flexibility index (Phi) is 6.33. The van der Waals surface area contributed by atoms with Gasteiger partial charge in [-0.3, -0.25) is 4.79 Å². The van der Waals surface area contributed by atoms with Gasteiger partial charge >= 0.3 is 0 Å². The molecule has 0 bridgehead atoms. The van der Waals surface area contributed by atoms with Gasteiger partial charge in [0.15, 0.2) is 5.13 Å². The summed E-state index contributed by atoms with van der Waals surface area (Å²) in [5.41, 5.74) is 8.69. The first-order valence-corrected chi connectivity index (χ1v) is 7.38. The van der Waals surface area contributed by atoms with Crippen LogP contribution in [0.2, 0.25) is 0 Å². The molecule has 4 nitrogen and oxygen atoms in total. The highest BCUT2D eigenvalue weighted by Gasteiger charge is 2.15. The molecule has 0 fully saturated rings. The van der Waals surface area contributed by atoms with Gasteiger partial charge in [0.25, 0.3) is 0 Å². The van der Waals surface area contributed by atoms with Crippen LogP contribution >= 0.6 is 23.7 Å². The van der Waals surface area contributed by atoms with Crippen molar-refractivity contribution < 1.29 is 4.79 Å². The normalized spacial score (nSPS) is 11.6. The molecule has 0 aliphatic rings. The fourth-order valence-electron chi connectivity index (χ4n) is 1.76.